The summed E-state index contributed by atoms with van der Waals surface area (Å²) in [6.07, 6.45) is 0.247. The van der Waals surface area contributed by atoms with Crippen molar-refractivity contribution in [2.24, 2.45) is 5.73 Å². The largest absolute Gasteiger partial charge is 0.351 e. The Kier molecular flexibility index (Phi) is 4.84. The minimum Gasteiger partial charge on any atom is -0.351 e. The molecule has 132 valence electrons. The third kappa shape index (κ3) is 3.80. The number of fused-ring (bicyclic) bond motifs is 1. The topological polar surface area (TPSA) is 97.1 Å². The number of urea groups is 1. The zero-order valence-corrected chi connectivity index (χ0v) is 14.7. The molecule has 6 nitrogen and oxygen atoms in total. The number of benzene rings is 2. The highest BCUT2D eigenvalue weighted by molar-refractivity contribution is 5.94. The predicted molar refractivity (Wildman–Crippen MR) is 103 cm³/mol. The summed E-state index contributed by atoms with van der Waals surface area (Å²) in [7, 11) is 0. The highest BCUT2D eigenvalue weighted by Crippen LogP contribution is 2.23. The third-order valence-corrected chi connectivity index (χ3v) is 4.26. The number of carbonyl (C=O) groups is 2. The van der Waals surface area contributed by atoms with Gasteiger partial charge >= 0.3 is 6.03 Å². The van der Waals surface area contributed by atoms with Crippen LogP contribution in [0.3, 0.4) is 0 Å². The second-order valence-corrected chi connectivity index (χ2v) is 6.11. The van der Waals surface area contributed by atoms with Crippen molar-refractivity contribution in [2.45, 2.75) is 20.3 Å². The lowest BCUT2D eigenvalue weighted by Crippen LogP contribution is -2.19. The lowest BCUT2D eigenvalue weighted by atomic mass is 9.99. The molecular formula is C20H20N4O2. The Morgan fingerprint density at radius 3 is 2.23 bits per heavy atom. The van der Waals surface area contributed by atoms with Crippen LogP contribution in [0.1, 0.15) is 16.8 Å². The van der Waals surface area contributed by atoms with Gasteiger partial charge in [0.2, 0.25) is 5.91 Å². The van der Waals surface area contributed by atoms with Gasteiger partial charge in [-0.2, -0.15) is 0 Å². The SMILES string of the molecule is Cc1nc2ccccc2c(C)c1CC(=O)Nc1ccc(NC(N)=O)cc1. The van der Waals surface area contributed by atoms with E-state index < -0.39 is 6.03 Å². The Labute approximate surface area is 151 Å². The van der Waals surface area contributed by atoms with E-state index in [0.29, 0.717) is 11.4 Å². The van der Waals surface area contributed by atoms with Crippen molar-refractivity contribution in [1.82, 2.24) is 4.98 Å². The van der Waals surface area contributed by atoms with Crippen LogP contribution in [0.5, 0.6) is 0 Å². The maximum atomic E-state index is 12.5. The Morgan fingerprint density at radius 2 is 1.58 bits per heavy atom. The monoisotopic (exact) mass is 348 g/mol. The van der Waals surface area contributed by atoms with E-state index in [0.717, 1.165) is 27.7 Å². The first kappa shape index (κ1) is 17.4. The summed E-state index contributed by atoms with van der Waals surface area (Å²) in [6.45, 7) is 3.94. The number of pyridine rings is 1. The van der Waals surface area contributed by atoms with E-state index in [1.807, 2.05) is 38.1 Å². The van der Waals surface area contributed by atoms with Gasteiger partial charge in [-0.3, -0.25) is 9.78 Å². The van der Waals surface area contributed by atoms with E-state index in [4.69, 9.17) is 5.73 Å². The maximum Gasteiger partial charge on any atom is 0.316 e. The maximum absolute atomic E-state index is 12.5. The van der Waals surface area contributed by atoms with Crippen molar-refractivity contribution in [3.8, 4) is 0 Å². The zero-order valence-electron chi connectivity index (χ0n) is 14.7. The summed E-state index contributed by atoms with van der Waals surface area (Å²) in [6, 6.07) is 14.1. The van der Waals surface area contributed by atoms with E-state index in [1.165, 1.54) is 0 Å². The van der Waals surface area contributed by atoms with Crippen molar-refractivity contribution in [3.63, 3.8) is 0 Å². The van der Waals surface area contributed by atoms with Crippen LogP contribution < -0.4 is 16.4 Å². The fourth-order valence-electron chi connectivity index (χ4n) is 2.98. The van der Waals surface area contributed by atoms with Crippen molar-refractivity contribution in [2.75, 3.05) is 10.6 Å². The minimum atomic E-state index is -0.628. The lowest BCUT2D eigenvalue weighted by Gasteiger charge is -2.13. The van der Waals surface area contributed by atoms with Crippen LogP contribution in [0.15, 0.2) is 48.5 Å². The van der Waals surface area contributed by atoms with Crippen LogP contribution in [0.2, 0.25) is 0 Å². The molecule has 4 N–H and O–H groups in total. The Morgan fingerprint density at radius 1 is 0.962 bits per heavy atom. The third-order valence-electron chi connectivity index (χ3n) is 4.26. The summed E-state index contributed by atoms with van der Waals surface area (Å²) in [5, 5.41) is 6.40. The first-order valence-electron chi connectivity index (χ1n) is 8.25. The first-order valence-corrected chi connectivity index (χ1v) is 8.25. The molecule has 3 rings (SSSR count). The second kappa shape index (κ2) is 7.23. The molecule has 0 aliphatic rings. The Hall–Kier alpha value is -3.41. The number of anilines is 2. The van der Waals surface area contributed by atoms with Gasteiger partial charge in [-0.15, -0.1) is 0 Å². The van der Waals surface area contributed by atoms with Crippen LogP contribution in [0.25, 0.3) is 10.9 Å². The summed E-state index contributed by atoms with van der Waals surface area (Å²) < 4.78 is 0. The molecule has 0 unspecified atom stereocenters. The van der Waals surface area contributed by atoms with Gasteiger partial charge in [0, 0.05) is 22.5 Å². The van der Waals surface area contributed by atoms with Gasteiger partial charge in [-0.1, -0.05) is 18.2 Å². The number of hydrogen-bond donors (Lipinski definition) is 3. The molecule has 1 aromatic heterocycles. The van der Waals surface area contributed by atoms with Crippen molar-refractivity contribution in [3.05, 3.63) is 65.4 Å². The van der Waals surface area contributed by atoms with Gasteiger partial charge in [0.1, 0.15) is 0 Å². The molecule has 2 aromatic carbocycles. The van der Waals surface area contributed by atoms with Gasteiger partial charge in [-0.05, 0) is 55.3 Å². The standard InChI is InChI=1S/C20H20N4O2/c1-12-16-5-3-4-6-18(16)22-13(2)17(12)11-19(25)23-14-7-9-15(10-8-14)24-20(21)26/h3-10H,11H2,1-2H3,(H,23,25)(H3,21,24,26). The number of para-hydroxylation sites is 1. The molecule has 0 saturated carbocycles. The molecule has 0 radical (unpaired) electrons. The van der Waals surface area contributed by atoms with Crippen LogP contribution in [0.4, 0.5) is 16.2 Å². The fraction of sp³-hybridized carbons (Fsp3) is 0.150. The zero-order chi connectivity index (χ0) is 18.7. The van der Waals surface area contributed by atoms with Crippen molar-refractivity contribution < 1.29 is 9.59 Å². The number of aryl methyl sites for hydroxylation is 2. The molecule has 0 bridgehead atoms. The molecule has 0 saturated heterocycles. The summed E-state index contributed by atoms with van der Waals surface area (Å²) in [4.78, 5) is 27.9. The Bertz CT molecular complexity index is 981. The molecule has 0 atom stereocenters. The average Bonchev–Trinajstić information content (AvgIpc) is 2.60. The van der Waals surface area contributed by atoms with Crippen molar-refractivity contribution in [1.29, 1.82) is 0 Å². The number of nitrogens with two attached hydrogens (primary N) is 1. The number of nitrogens with one attached hydrogen (secondary N) is 2. The van der Waals surface area contributed by atoms with Gasteiger partial charge in [-0.25, -0.2) is 4.79 Å². The van der Waals surface area contributed by atoms with E-state index >= 15 is 0 Å². The number of amides is 3. The average molecular weight is 348 g/mol. The number of carbonyl (C=O) groups excluding carboxylic acids is 2. The first-order chi connectivity index (χ1) is 12.4. The molecule has 1 heterocycles. The highest BCUT2D eigenvalue weighted by Gasteiger charge is 2.13. The fourth-order valence-corrected chi connectivity index (χ4v) is 2.98. The molecule has 0 aliphatic carbocycles. The smallest absolute Gasteiger partial charge is 0.316 e. The summed E-state index contributed by atoms with van der Waals surface area (Å²) in [5.74, 6) is -0.121. The van der Waals surface area contributed by atoms with E-state index in [-0.39, 0.29) is 12.3 Å². The molecule has 0 fully saturated rings. The molecule has 0 spiro atoms. The number of hydrogen-bond acceptors (Lipinski definition) is 3. The summed E-state index contributed by atoms with van der Waals surface area (Å²) >= 11 is 0. The molecule has 26 heavy (non-hydrogen) atoms. The highest BCUT2D eigenvalue weighted by atomic mass is 16.2. The Balaban J connectivity index is 1.76. The molecular weight excluding hydrogens is 328 g/mol. The lowest BCUT2D eigenvalue weighted by molar-refractivity contribution is -0.115. The number of aromatic nitrogens is 1. The van der Waals surface area contributed by atoms with Crippen molar-refractivity contribution >= 4 is 34.2 Å². The molecule has 3 amide bonds. The second-order valence-electron chi connectivity index (χ2n) is 6.11. The predicted octanol–water partition coefficient (Wildman–Crippen LogP) is 3.52. The van der Waals surface area contributed by atoms with E-state index in [2.05, 4.69) is 15.6 Å². The van der Waals surface area contributed by atoms with E-state index in [1.54, 1.807) is 24.3 Å². The molecule has 3 aromatic rings. The van der Waals surface area contributed by atoms with Crippen LogP contribution in [0, 0.1) is 13.8 Å². The quantitative estimate of drug-likeness (QED) is 0.673. The van der Waals surface area contributed by atoms with Gasteiger partial charge < -0.3 is 16.4 Å². The normalized spacial score (nSPS) is 10.5. The van der Waals surface area contributed by atoms with Gasteiger partial charge in [0.25, 0.3) is 0 Å². The van der Waals surface area contributed by atoms with Crippen LogP contribution in [-0.2, 0) is 11.2 Å². The minimum absolute atomic E-state index is 0.121. The number of rotatable bonds is 4. The van der Waals surface area contributed by atoms with Gasteiger partial charge in [0.05, 0.1) is 11.9 Å². The summed E-state index contributed by atoms with van der Waals surface area (Å²) in [5.41, 5.74) is 10.1. The number of nitrogens with zero attached hydrogens (tertiary/aromatic N) is 1. The molecule has 0 aliphatic heterocycles. The van der Waals surface area contributed by atoms with Crippen LogP contribution >= 0.6 is 0 Å². The van der Waals surface area contributed by atoms with E-state index in [9.17, 15) is 9.59 Å². The number of primary amides is 1. The molecule has 6 heteroatoms. The van der Waals surface area contributed by atoms with Crippen LogP contribution in [-0.4, -0.2) is 16.9 Å². The van der Waals surface area contributed by atoms with Gasteiger partial charge in [0.15, 0.2) is 0 Å².